The molecule has 0 heterocycles. The van der Waals surface area contributed by atoms with Gasteiger partial charge in [0.2, 0.25) is 0 Å². The summed E-state index contributed by atoms with van der Waals surface area (Å²) in [5.41, 5.74) is 1.92. The van der Waals surface area contributed by atoms with Crippen molar-refractivity contribution in [1.82, 2.24) is 0 Å². The van der Waals surface area contributed by atoms with Crippen LogP contribution in [0.25, 0.3) is 0 Å². The number of aliphatic hydroxyl groups is 1. The summed E-state index contributed by atoms with van der Waals surface area (Å²) in [6, 6.07) is 9.18. The monoisotopic (exact) mass is 538 g/mol. The molecule has 3 heteroatoms. The minimum absolute atomic E-state index is 0. The summed E-state index contributed by atoms with van der Waals surface area (Å²) < 4.78 is 0. The molecule has 0 spiro atoms. The quantitative estimate of drug-likeness (QED) is 0.237. The molecular formula is C23H37IrO2-. The van der Waals surface area contributed by atoms with E-state index in [1.165, 1.54) is 17.2 Å². The second kappa shape index (κ2) is 12.5. The van der Waals surface area contributed by atoms with E-state index in [0.29, 0.717) is 0 Å². The van der Waals surface area contributed by atoms with Gasteiger partial charge >= 0.3 is 0 Å². The van der Waals surface area contributed by atoms with Crippen LogP contribution in [0.1, 0.15) is 78.4 Å². The van der Waals surface area contributed by atoms with Gasteiger partial charge in [0, 0.05) is 37.0 Å². The maximum absolute atomic E-state index is 12.2. The van der Waals surface area contributed by atoms with Crippen LogP contribution in [-0.4, -0.2) is 10.9 Å². The van der Waals surface area contributed by atoms with Crippen LogP contribution in [0.4, 0.5) is 0 Å². The molecule has 26 heavy (non-hydrogen) atoms. The van der Waals surface area contributed by atoms with E-state index in [-0.39, 0.29) is 42.5 Å². The number of ketones is 1. The third-order valence-corrected chi connectivity index (χ3v) is 5.70. The normalized spacial score (nSPS) is 11.9. The van der Waals surface area contributed by atoms with Gasteiger partial charge in [0.15, 0.2) is 5.78 Å². The SMILES string of the molecule is CCC(C)(CC)C(=O)/C=C(\O)C(C)(CC)CC.Cc1[c-]ccc(C)c1.[Ir]. The van der Waals surface area contributed by atoms with Crippen molar-refractivity contribution in [2.75, 3.05) is 0 Å². The molecule has 0 fully saturated rings. The number of hydrogen-bond acceptors (Lipinski definition) is 2. The summed E-state index contributed by atoms with van der Waals surface area (Å²) in [5.74, 6) is 0.286. The molecule has 0 atom stereocenters. The average Bonchev–Trinajstić information content (AvgIpc) is 2.60. The van der Waals surface area contributed by atoms with E-state index in [1.807, 2.05) is 60.6 Å². The molecule has 0 amide bonds. The number of aliphatic hydroxyl groups excluding tert-OH is 1. The van der Waals surface area contributed by atoms with E-state index < -0.39 is 0 Å². The van der Waals surface area contributed by atoms with E-state index in [2.05, 4.69) is 19.1 Å². The molecule has 0 saturated heterocycles. The topological polar surface area (TPSA) is 37.3 Å². The maximum Gasteiger partial charge on any atom is 0.164 e. The second-order valence-corrected chi connectivity index (χ2v) is 7.48. The molecule has 0 bridgehead atoms. The Labute approximate surface area is 174 Å². The van der Waals surface area contributed by atoms with Crippen LogP contribution in [0, 0.1) is 30.7 Å². The van der Waals surface area contributed by atoms with Crippen molar-refractivity contribution >= 4 is 5.78 Å². The summed E-state index contributed by atoms with van der Waals surface area (Å²) in [6.45, 7) is 16.2. The number of aryl methyl sites for hydroxylation is 2. The van der Waals surface area contributed by atoms with E-state index >= 15 is 0 Å². The molecule has 0 unspecified atom stereocenters. The van der Waals surface area contributed by atoms with Gasteiger partial charge in [-0.3, -0.25) is 4.79 Å². The molecule has 0 saturated carbocycles. The zero-order valence-corrected chi connectivity index (χ0v) is 20.2. The minimum atomic E-state index is -0.337. The van der Waals surface area contributed by atoms with Crippen molar-refractivity contribution in [1.29, 1.82) is 0 Å². The van der Waals surface area contributed by atoms with E-state index in [0.717, 1.165) is 25.7 Å². The van der Waals surface area contributed by atoms with Gasteiger partial charge in [0.05, 0.1) is 0 Å². The molecule has 1 rings (SSSR count). The van der Waals surface area contributed by atoms with Gasteiger partial charge < -0.3 is 5.11 Å². The Hall–Kier alpha value is -0.921. The Morgan fingerprint density at radius 3 is 1.81 bits per heavy atom. The Morgan fingerprint density at radius 1 is 1.04 bits per heavy atom. The van der Waals surface area contributed by atoms with Crippen molar-refractivity contribution < 1.29 is 30.0 Å². The summed E-state index contributed by atoms with van der Waals surface area (Å²) >= 11 is 0. The first-order valence-corrected chi connectivity index (χ1v) is 9.49. The molecule has 151 valence electrons. The first-order chi connectivity index (χ1) is 11.6. The zero-order valence-electron chi connectivity index (χ0n) is 17.8. The van der Waals surface area contributed by atoms with E-state index in [9.17, 15) is 9.90 Å². The third-order valence-electron chi connectivity index (χ3n) is 5.70. The summed E-state index contributed by atoms with van der Waals surface area (Å²) in [5, 5.41) is 10.1. The van der Waals surface area contributed by atoms with Crippen LogP contribution < -0.4 is 0 Å². The minimum Gasteiger partial charge on any atom is -0.512 e. The Morgan fingerprint density at radius 2 is 1.50 bits per heavy atom. The average molecular weight is 538 g/mol. The number of hydrogen-bond donors (Lipinski definition) is 1. The largest absolute Gasteiger partial charge is 0.512 e. The van der Waals surface area contributed by atoms with Crippen molar-refractivity contribution in [3.05, 3.63) is 47.2 Å². The fourth-order valence-corrected chi connectivity index (χ4v) is 2.42. The van der Waals surface area contributed by atoms with Gasteiger partial charge in [-0.15, -0.1) is 0 Å². The van der Waals surface area contributed by atoms with Crippen LogP contribution in [0.5, 0.6) is 0 Å². The van der Waals surface area contributed by atoms with Crippen LogP contribution in [0.3, 0.4) is 0 Å². The van der Waals surface area contributed by atoms with Crippen LogP contribution in [0.15, 0.2) is 30.0 Å². The first-order valence-electron chi connectivity index (χ1n) is 9.49. The van der Waals surface area contributed by atoms with E-state index in [1.54, 1.807) is 0 Å². The molecular weight excluding hydrogens is 500 g/mol. The van der Waals surface area contributed by atoms with Crippen molar-refractivity contribution in [3.8, 4) is 0 Å². The standard InChI is InChI=1S/C15H28O2.C8H9.Ir/c1-7-14(5,8-2)12(16)11-13(17)15(6,9-3)10-4;1-7-4-3-5-8(2)6-7;/h11,16H,7-10H2,1-6H3;3-4,6H,1-2H3;/q;-1;/b12-11-;;. The summed E-state index contributed by atoms with van der Waals surface area (Å²) in [6.07, 6.45) is 4.75. The number of carbonyl (C=O) groups excluding carboxylic acids is 1. The number of carbonyl (C=O) groups is 1. The molecule has 0 aromatic heterocycles. The smallest absolute Gasteiger partial charge is 0.164 e. The molecule has 1 radical (unpaired) electrons. The molecule has 0 aliphatic heterocycles. The molecule has 1 N–H and O–H groups in total. The predicted octanol–water partition coefficient (Wildman–Crippen LogP) is 6.75. The summed E-state index contributed by atoms with van der Waals surface area (Å²) in [4.78, 5) is 12.2. The number of allylic oxidation sites excluding steroid dienone is 2. The van der Waals surface area contributed by atoms with Crippen molar-refractivity contribution in [2.45, 2.75) is 81.1 Å². The molecule has 0 aliphatic rings. The van der Waals surface area contributed by atoms with Crippen LogP contribution in [0.2, 0.25) is 0 Å². The Kier molecular flexibility index (Phi) is 13.1. The van der Waals surface area contributed by atoms with Gasteiger partial charge in [-0.25, -0.2) is 0 Å². The number of rotatable bonds is 7. The number of benzene rings is 1. The van der Waals surface area contributed by atoms with Gasteiger partial charge in [-0.1, -0.05) is 55.4 Å². The van der Waals surface area contributed by atoms with Crippen LogP contribution >= 0.6 is 0 Å². The van der Waals surface area contributed by atoms with Gasteiger partial charge in [-0.05, 0) is 25.7 Å². The molecule has 1 aromatic carbocycles. The van der Waals surface area contributed by atoms with Crippen molar-refractivity contribution in [2.24, 2.45) is 10.8 Å². The predicted molar refractivity (Wildman–Crippen MR) is 108 cm³/mol. The fourth-order valence-electron chi connectivity index (χ4n) is 2.42. The fraction of sp³-hybridized carbons (Fsp3) is 0.609. The summed E-state index contributed by atoms with van der Waals surface area (Å²) in [7, 11) is 0. The third kappa shape index (κ3) is 8.18. The second-order valence-electron chi connectivity index (χ2n) is 7.48. The first kappa shape index (κ1) is 27.3. The van der Waals surface area contributed by atoms with Gasteiger partial charge in [0.25, 0.3) is 0 Å². The maximum atomic E-state index is 12.2. The van der Waals surface area contributed by atoms with Crippen LogP contribution in [-0.2, 0) is 24.9 Å². The van der Waals surface area contributed by atoms with E-state index in [4.69, 9.17) is 0 Å². The van der Waals surface area contributed by atoms with Gasteiger partial charge in [-0.2, -0.15) is 35.4 Å². The molecule has 1 aromatic rings. The van der Waals surface area contributed by atoms with Gasteiger partial charge in [0.1, 0.15) is 5.76 Å². The zero-order chi connectivity index (χ0) is 19.7. The Bertz CT molecular complexity index is 550. The molecule has 2 nitrogen and oxygen atoms in total. The Balaban J connectivity index is 0. The molecule has 0 aliphatic carbocycles. The van der Waals surface area contributed by atoms with Crippen molar-refractivity contribution in [3.63, 3.8) is 0 Å².